The Hall–Kier alpha value is -3.85. The summed E-state index contributed by atoms with van der Waals surface area (Å²) in [4.78, 5) is 0. The van der Waals surface area contributed by atoms with E-state index in [4.69, 9.17) is 4.42 Å². The van der Waals surface area contributed by atoms with Crippen LogP contribution in [0.15, 0.2) is 83.3 Å². The van der Waals surface area contributed by atoms with Crippen LogP contribution in [0.3, 0.4) is 0 Å². The molecule has 7 rings (SSSR count). The van der Waals surface area contributed by atoms with E-state index in [-0.39, 0.29) is 0 Å². The molecule has 4 aromatic carbocycles. The van der Waals surface area contributed by atoms with Gasteiger partial charge in [-0.1, -0.05) is 76.2 Å². The molecule has 0 unspecified atom stereocenters. The SMILES string of the molecule is CC(C)Cc1cc2c(oc3ccccc32)c(CC(C)C)c1-n1c2[n+](c3ccccc31)Cc1ccccc1-2. The summed E-state index contributed by atoms with van der Waals surface area (Å²) < 4.78 is 11.7. The number of nitrogens with zero attached hydrogens (tertiary/aromatic N) is 2. The summed E-state index contributed by atoms with van der Waals surface area (Å²) in [6.07, 6.45) is 1.98. The molecule has 37 heavy (non-hydrogen) atoms. The molecule has 0 fully saturated rings. The van der Waals surface area contributed by atoms with Crippen LogP contribution in [0.25, 0.3) is 50.0 Å². The molecule has 0 atom stereocenters. The largest absolute Gasteiger partial charge is 0.456 e. The van der Waals surface area contributed by atoms with Crippen molar-refractivity contribution in [2.24, 2.45) is 11.8 Å². The summed E-state index contributed by atoms with van der Waals surface area (Å²) in [7, 11) is 0. The highest BCUT2D eigenvalue weighted by molar-refractivity contribution is 6.07. The van der Waals surface area contributed by atoms with Crippen molar-refractivity contribution in [3.8, 4) is 17.1 Å². The maximum atomic E-state index is 6.66. The molecule has 0 saturated heterocycles. The zero-order valence-electron chi connectivity index (χ0n) is 22.1. The van der Waals surface area contributed by atoms with E-state index in [1.807, 2.05) is 0 Å². The number of aromatic nitrogens is 2. The fourth-order valence-corrected chi connectivity index (χ4v) is 6.38. The standard InChI is InChI=1S/C34H33N2O/c1-21(2)17-24-19-27-26-13-7-10-16-31(26)37-33(27)28(18-22(3)4)32(24)36-30-15-9-8-14-29(30)35-20-23-11-5-6-12-25(23)34(35)36/h5-16,19,21-22H,17-18,20H2,1-4H3/q+1. The topological polar surface area (TPSA) is 21.9 Å². The summed E-state index contributed by atoms with van der Waals surface area (Å²) >= 11 is 0. The van der Waals surface area contributed by atoms with Gasteiger partial charge in [0.2, 0.25) is 0 Å². The molecule has 0 saturated carbocycles. The Kier molecular flexibility index (Phi) is 5.04. The lowest BCUT2D eigenvalue weighted by atomic mass is 9.91. The van der Waals surface area contributed by atoms with E-state index < -0.39 is 0 Å². The summed E-state index contributed by atoms with van der Waals surface area (Å²) in [6.45, 7) is 10.2. The second kappa shape index (κ2) is 8.34. The maximum absolute atomic E-state index is 6.66. The average molecular weight is 486 g/mol. The minimum absolute atomic E-state index is 0.499. The molecule has 6 aromatic rings. The molecule has 0 N–H and O–H groups in total. The lowest BCUT2D eigenvalue weighted by Crippen LogP contribution is -2.31. The second-order valence-electron chi connectivity index (χ2n) is 11.4. The number of imidazole rings is 1. The number of furan rings is 1. The van der Waals surface area contributed by atoms with Crippen molar-refractivity contribution in [3.05, 3.63) is 95.6 Å². The van der Waals surface area contributed by atoms with E-state index in [1.165, 1.54) is 55.6 Å². The third-order valence-corrected chi connectivity index (χ3v) is 7.75. The van der Waals surface area contributed by atoms with E-state index >= 15 is 0 Å². The van der Waals surface area contributed by atoms with Gasteiger partial charge in [0, 0.05) is 27.5 Å². The van der Waals surface area contributed by atoms with Gasteiger partial charge in [-0.3, -0.25) is 0 Å². The predicted octanol–water partition coefficient (Wildman–Crippen LogP) is 8.24. The van der Waals surface area contributed by atoms with E-state index in [2.05, 4.69) is 116 Å². The highest BCUT2D eigenvalue weighted by Gasteiger charge is 2.37. The first-order valence-corrected chi connectivity index (χ1v) is 13.6. The van der Waals surface area contributed by atoms with Crippen molar-refractivity contribution in [1.29, 1.82) is 0 Å². The van der Waals surface area contributed by atoms with Crippen molar-refractivity contribution in [3.63, 3.8) is 0 Å². The summed E-state index contributed by atoms with van der Waals surface area (Å²) in [5.41, 5.74) is 11.3. The minimum Gasteiger partial charge on any atom is -0.456 e. The molecular weight excluding hydrogens is 452 g/mol. The summed E-state index contributed by atoms with van der Waals surface area (Å²) in [5, 5.41) is 2.45. The third-order valence-electron chi connectivity index (χ3n) is 7.75. The highest BCUT2D eigenvalue weighted by atomic mass is 16.3. The van der Waals surface area contributed by atoms with Gasteiger partial charge in [0.15, 0.2) is 11.0 Å². The maximum Gasteiger partial charge on any atom is 0.295 e. The van der Waals surface area contributed by atoms with Crippen LogP contribution in [0.1, 0.15) is 44.4 Å². The molecule has 3 heteroatoms. The fourth-order valence-electron chi connectivity index (χ4n) is 6.38. The van der Waals surface area contributed by atoms with Gasteiger partial charge in [0.1, 0.15) is 23.4 Å². The second-order valence-corrected chi connectivity index (χ2v) is 11.4. The van der Waals surface area contributed by atoms with Crippen molar-refractivity contribution < 1.29 is 8.98 Å². The van der Waals surface area contributed by atoms with Gasteiger partial charge >= 0.3 is 0 Å². The molecule has 0 bridgehead atoms. The molecular formula is C34H33N2O+. The molecule has 0 amide bonds. The smallest absolute Gasteiger partial charge is 0.295 e. The van der Waals surface area contributed by atoms with Crippen LogP contribution in [0.4, 0.5) is 0 Å². The monoisotopic (exact) mass is 485 g/mol. The van der Waals surface area contributed by atoms with Crippen molar-refractivity contribution >= 4 is 33.0 Å². The zero-order chi connectivity index (χ0) is 25.3. The molecule has 0 spiro atoms. The zero-order valence-corrected chi connectivity index (χ0v) is 22.1. The normalized spacial score (nSPS) is 12.9. The van der Waals surface area contributed by atoms with E-state index in [9.17, 15) is 0 Å². The summed E-state index contributed by atoms with van der Waals surface area (Å²) in [5.74, 6) is 2.32. The van der Waals surface area contributed by atoms with Crippen LogP contribution >= 0.6 is 0 Å². The first kappa shape index (κ1) is 22.4. The fraction of sp³-hybridized carbons (Fsp3) is 0.265. The molecule has 0 radical (unpaired) electrons. The van der Waals surface area contributed by atoms with Crippen LogP contribution < -0.4 is 4.57 Å². The lowest BCUT2D eigenvalue weighted by molar-refractivity contribution is -0.645. The van der Waals surface area contributed by atoms with Crippen LogP contribution in [0.5, 0.6) is 0 Å². The number of para-hydroxylation sites is 3. The number of fused-ring (bicyclic) bond motifs is 8. The quantitative estimate of drug-likeness (QED) is 0.225. The van der Waals surface area contributed by atoms with Crippen molar-refractivity contribution in [2.75, 3.05) is 0 Å². The third kappa shape index (κ3) is 3.37. The van der Waals surface area contributed by atoms with Gasteiger partial charge in [-0.25, -0.2) is 4.57 Å². The minimum atomic E-state index is 0.499. The Balaban J connectivity index is 1.67. The molecule has 184 valence electrons. The molecule has 2 aromatic heterocycles. The van der Waals surface area contributed by atoms with Crippen LogP contribution in [-0.4, -0.2) is 4.57 Å². The van der Waals surface area contributed by atoms with Gasteiger partial charge in [0.05, 0.1) is 5.56 Å². The Morgan fingerprint density at radius 3 is 2.38 bits per heavy atom. The summed E-state index contributed by atoms with van der Waals surface area (Å²) in [6, 6.07) is 28.7. The number of hydrogen-bond acceptors (Lipinski definition) is 1. The van der Waals surface area contributed by atoms with Gasteiger partial charge < -0.3 is 4.42 Å². The molecule has 3 nitrogen and oxygen atoms in total. The molecule has 0 aliphatic carbocycles. The molecule has 1 aliphatic rings. The highest BCUT2D eigenvalue weighted by Crippen LogP contribution is 2.42. The number of benzene rings is 4. The Morgan fingerprint density at radius 1 is 0.811 bits per heavy atom. The van der Waals surface area contributed by atoms with Gasteiger partial charge in [0.25, 0.3) is 5.82 Å². The van der Waals surface area contributed by atoms with E-state index in [0.717, 1.165) is 30.6 Å². The Labute approximate surface area is 218 Å². The van der Waals surface area contributed by atoms with E-state index in [0.29, 0.717) is 11.8 Å². The van der Waals surface area contributed by atoms with Crippen LogP contribution in [0, 0.1) is 11.8 Å². The Morgan fingerprint density at radius 2 is 1.54 bits per heavy atom. The number of rotatable bonds is 5. The number of hydrogen-bond donors (Lipinski definition) is 0. The predicted molar refractivity (Wildman–Crippen MR) is 152 cm³/mol. The van der Waals surface area contributed by atoms with Gasteiger partial charge in [-0.15, -0.1) is 0 Å². The Bertz CT molecular complexity index is 1820. The van der Waals surface area contributed by atoms with E-state index in [1.54, 1.807) is 0 Å². The molecule has 3 heterocycles. The molecule has 1 aliphatic heterocycles. The lowest BCUT2D eigenvalue weighted by Gasteiger charge is -2.17. The van der Waals surface area contributed by atoms with Crippen LogP contribution in [0.2, 0.25) is 0 Å². The van der Waals surface area contributed by atoms with Gasteiger partial charge in [-0.05, 0) is 55.0 Å². The van der Waals surface area contributed by atoms with Gasteiger partial charge in [-0.2, -0.15) is 4.57 Å². The average Bonchev–Trinajstić information content (AvgIpc) is 3.53. The first-order valence-electron chi connectivity index (χ1n) is 13.6. The van der Waals surface area contributed by atoms with Crippen molar-refractivity contribution in [2.45, 2.75) is 47.1 Å². The first-order chi connectivity index (χ1) is 18.0. The van der Waals surface area contributed by atoms with Crippen LogP contribution in [-0.2, 0) is 19.4 Å². The van der Waals surface area contributed by atoms with Crippen molar-refractivity contribution in [1.82, 2.24) is 4.57 Å².